The van der Waals surface area contributed by atoms with E-state index in [2.05, 4.69) is 10.6 Å². The second kappa shape index (κ2) is 17.3. The van der Waals surface area contributed by atoms with Crippen molar-refractivity contribution < 1.29 is 28.8 Å². The summed E-state index contributed by atoms with van der Waals surface area (Å²) in [5.74, 6) is -4.12. The zero-order chi connectivity index (χ0) is 31.1. The molecule has 4 aromatic carbocycles. The summed E-state index contributed by atoms with van der Waals surface area (Å²) >= 11 is 0. The van der Waals surface area contributed by atoms with Crippen LogP contribution in [0.1, 0.15) is 34.1 Å². The molecule has 4 aromatic rings. The molecule has 0 saturated carbocycles. The van der Waals surface area contributed by atoms with Crippen LogP contribution in [0.4, 0.5) is 9.59 Å². The molecule has 0 spiro atoms. The maximum absolute atomic E-state index is 12.6. The van der Waals surface area contributed by atoms with Crippen molar-refractivity contribution in [2.24, 2.45) is 0 Å². The molecule has 0 aromatic heterocycles. The van der Waals surface area contributed by atoms with E-state index in [1.807, 2.05) is 72.8 Å². The van der Waals surface area contributed by atoms with E-state index in [0.29, 0.717) is 11.1 Å². The molecule has 0 bridgehead atoms. The van der Waals surface area contributed by atoms with Gasteiger partial charge in [-0.1, -0.05) is 121 Å². The third-order valence-electron chi connectivity index (χ3n) is 7.13. The van der Waals surface area contributed by atoms with Gasteiger partial charge in [-0.3, -0.25) is 39.6 Å². The molecule has 3 radical (unpaired) electrons. The molecule has 223 valence electrons. The van der Waals surface area contributed by atoms with Crippen molar-refractivity contribution in [3.63, 3.8) is 0 Å². The summed E-state index contributed by atoms with van der Waals surface area (Å²) in [5, 5.41) is 4.51. The molecule has 46 heavy (non-hydrogen) atoms. The van der Waals surface area contributed by atoms with Gasteiger partial charge in [0.05, 0.1) is 13.1 Å². The van der Waals surface area contributed by atoms with Crippen molar-refractivity contribution in [2.45, 2.75) is 24.9 Å². The van der Waals surface area contributed by atoms with E-state index < -0.39 is 47.5 Å². The standard InChI is InChI=1S/2C17H14N2O3.Ca.Na/c2*20-15-14(13-9-5-2-6-10-13)16(21)19(17(22)18-15)11-12-7-3-1-4-8-12;;/h2*1-10,14H,11H2,(H,18,20,22);;. The minimum Gasteiger partial charge on any atom is -0.277 e. The monoisotopic (exact) mass is 651 g/mol. The Morgan fingerprint density at radius 2 is 0.739 bits per heavy atom. The molecule has 8 amide bonds. The van der Waals surface area contributed by atoms with Crippen LogP contribution in [0.15, 0.2) is 121 Å². The van der Waals surface area contributed by atoms with Crippen LogP contribution in [0.25, 0.3) is 0 Å². The normalized spacial score (nSPS) is 17.5. The number of hydrogen-bond donors (Lipinski definition) is 2. The molecule has 12 heteroatoms. The molecule has 2 N–H and O–H groups in total. The summed E-state index contributed by atoms with van der Waals surface area (Å²) in [6, 6.07) is 34.5. The Kier molecular flexibility index (Phi) is 13.9. The van der Waals surface area contributed by atoms with Crippen LogP contribution in [0.3, 0.4) is 0 Å². The molecule has 2 heterocycles. The van der Waals surface area contributed by atoms with Gasteiger partial charge in [0, 0.05) is 67.3 Å². The van der Waals surface area contributed by atoms with Gasteiger partial charge in [-0.2, -0.15) is 0 Å². The van der Waals surface area contributed by atoms with Gasteiger partial charge in [0.15, 0.2) is 0 Å². The van der Waals surface area contributed by atoms with E-state index in [-0.39, 0.29) is 80.4 Å². The molecular formula is C34H28CaN4NaO6. The predicted octanol–water partition coefficient (Wildman–Crippen LogP) is 3.34. The van der Waals surface area contributed by atoms with Crippen molar-refractivity contribution in [3.8, 4) is 0 Å². The Morgan fingerprint density at radius 3 is 1.04 bits per heavy atom. The largest absolute Gasteiger partial charge is 0.331 e. The van der Waals surface area contributed by atoms with E-state index in [1.54, 1.807) is 48.5 Å². The van der Waals surface area contributed by atoms with Crippen LogP contribution in [0.5, 0.6) is 0 Å². The quantitative estimate of drug-likeness (QED) is 0.243. The summed E-state index contributed by atoms with van der Waals surface area (Å²) in [6.45, 7) is 0.282. The van der Waals surface area contributed by atoms with Gasteiger partial charge in [-0.25, -0.2) is 9.59 Å². The van der Waals surface area contributed by atoms with E-state index in [4.69, 9.17) is 0 Å². The average Bonchev–Trinajstić information content (AvgIpc) is 3.03. The molecular weight excluding hydrogens is 623 g/mol. The van der Waals surface area contributed by atoms with Crippen molar-refractivity contribution in [2.75, 3.05) is 0 Å². The molecule has 10 nitrogen and oxygen atoms in total. The molecule has 2 atom stereocenters. The minimum atomic E-state index is -0.984. The van der Waals surface area contributed by atoms with Crippen molar-refractivity contribution in [1.29, 1.82) is 0 Å². The molecule has 0 aliphatic carbocycles. The average molecular weight is 652 g/mol. The Bertz CT molecular complexity index is 1570. The van der Waals surface area contributed by atoms with E-state index in [1.165, 1.54) is 0 Å². The smallest absolute Gasteiger partial charge is 0.277 e. The molecule has 2 unspecified atom stereocenters. The molecule has 6 rings (SSSR count). The topological polar surface area (TPSA) is 133 Å². The number of nitrogens with zero attached hydrogens (tertiary/aromatic N) is 2. The second-order valence-electron chi connectivity index (χ2n) is 10.1. The second-order valence-corrected chi connectivity index (χ2v) is 10.1. The summed E-state index contributed by atoms with van der Waals surface area (Å²) in [5.41, 5.74) is 2.81. The predicted molar refractivity (Wildman–Crippen MR) is 171 cm³/mol. The zero-order valence-electron chi connectivity index (χ0n) is 25.2. The fourth-order valence-corrected chi connectivity index (χ4v) is 4.94. The fraction of sp³-hybridized carbons (Fsp3) is 0.118. The molecule has 2 aliphatic heterocycles. The van der Waals surface area contributed by atoms with Crippen LogP contribution in [-0.4, -0.2) is 113 Å². The summed E-state index contributed by atoms with van der Waals surface area (Å²) < 4.78 is 0. The van der Waals surface area contributed by atoms with Crippen LogP contribution in [0, 0.1) is 0 Å². The molecule has 2 aliphatic rings. The molecule has 2 saturated heterocycles. The number of carbonyl (C=O) groups excluding carboxylic acids is 6. The summed E-state index contributed by atoms with van der Waals surface area (Å²) in [6.07, 6.45) is 0. The number of carbonyl (C=O) groups is 6. The molecule has 2 fully saturated rings. The van der Waals surface area contributed by atoms with E-state index in [9.17, 15) is 28.8 Å². The first kappa shape index (κ1) is 36.8. The van der Waals surface area contributed by atoms with Gasteiger partial charge in [-0.15, -0.1) is 0 Å². The SMILES string of the molecule is O=C1NC(=O)N(Cc2ccccc2)C(=O)C1c1ccccc1.O=C1NC(=O)N(Cc2ccccc2)C(=O)C1c1ccccc1.[Ca].[Na]. The Labute approximate surface area is 317 Å². The third kappa shape index (κ3) is 8.79. The van der Waals surface area contributed by atoms with Gasteiger partial charge in [0.2, 0.25) is 23.6 Å². The summed E-state index contributed by atoms with van der Waals surface area (Å²) in [4.78, 5) is 75.4. The number of amides is 8. The Hall–Kier alpha value is -3.64. The van der Waals surface area contributed by atoms with Gasteiger partial charge in [0.1, 0.15) is 11.8 Å². The number of hydrogen-bond acceptors (Lipinski definition) is 6. The van der Waals surface area contributed by atoms with Crippen LogP contribution in [0.2, 0.25) is 0 Å². The minimum absolute atomic E-state index is 0. The van der Waals surface area contributed by atoms with Crippen LogP contribution >= 0.6 is 0 Å². The number of urea groups is 2. The Morgan fingerprint density at radius 1 is 0.457 bits per heavy atom. The first-order chi connectivity index (χ1) is 21.3. The Balaban J connectivity index is 0.000000240. The number of barbiturate groups is 2. The zero-order valence-corrected chi connectivity index (χ0v) is 29.4. The first-order valence-electron chi connectivity index (χ1n) is 13.8. The van der Waals surface area contributed by atoms with E-state index >= 15 is 0 Å². The van der Waals surface area contributed by atoms with Crippen molar-refractivity contribution in [3.05, 3.63) is 144 Å². The van der Waals surface area contributed by atoms with Crippen LogP contribution in [-0.2, 0) is 32.3 Å². The van der Waals surface area contributed by atoms with Crippen molar-refractivity contribution >= 4 is 103 Å². The van der Waals surface area contributed by atoms with Crippen molar-refractivity contribution in [1.82, 2.24) is 20.4 Å². The number of rotatable bonds is 6. The van der Waals surface area contributed by atoms with Crippen LogP contribution < -0.4 is 10.6 Å². The number of benzene rings is 4. The first-order valence-corrected chi connectivity index (χ1v) is 13.8. The number of nitrogens with one attached hydrogen (secondary N) is 2. The van der Waals surface area contributed by atoms with Gasteiger partial charge in [0.25, 0.3) is 0 Å². The maximum atomic E-state index is 12.6. The fourth-order valence-electron chi connectivity index (χ4n) is 4.94. The third-order valence-corrected chi connectivity index (χ3v) is 7.13. The van der Waals surface area contributed by atoms with Gasteiger partial charge in [-0.05, 0) is 22.3 Å². The summed E-state index contributed by atoms with van der Waals surface area (Å²) in [7, 11) is 0. The van der Waals surface area contributed by atoms with Gasteiger partial charge < -0.3 is 0 Å². The van der Waals surface area contributed by atoms with E-state index in [0.717, 1.165) is 20.9 Å². The van der Waals surface area contributed by atoms with Gasteiger partial charge >= 0.3 is 12.1 Å². The maximum Gasteiger partial charge on any atom is 0.331 e. The number of imide groups is 4.